The molecule has 0 fully saturated rings. The normalized spacial score (nSPS) is 13.6. The highest BCUT2D eigenvalue weighted by Gasteiger charge is 2.43. The lowest BCUT2D eigenvalue weighted by atomic mass is 9.33. The Bertz CT molecular complexity index is 1730. The van der Waals surface area contributed by atoms with Gasteiger partial charge in [0.1, 0.15) is 0 Å². The molecule has 0 saturated carbocycles. The number of benzene rings is 5. The lowest BCUT2D eigenvalue weighted by molar-refractivity contribution is 0.865. The van der Waals surface area contributed by atoms with E-state index in [-0.39, 0.29) is 6.71 Å². The molecule has 0 aliphatic carbocycles. The molecule has 0 N–H and O–H groups in total. The second kappa shape index (κ2) is 11.3. The van der Waals surface area contributed by atoms with Crippen molar-refractivity contribution < 1.29 is 0 Å². The zero-order valence-electron chi connectivity index (χ0n) is 28.1. The van der Waals surface area contributed by atoms with Crippen molar-refractivity contribution >= 4 is 57.2 Å². The van der Waals surface area contributed by atoms with Crippen LogP contribution in [0.1, 0.15) is 101 Å². The third-order valence-corrected chi connectivity index (χ3v) is 10.0. The lowest BCUT2D eigenvalue weighted by Gasteiger charge is -2.44. The van der Waals surface area contributed by atoms with Crippen LogP contribution in [0.25, 0.3) is 0 Å². The topological polar surface area (TPSA) is 6.48 Å². The van der Waals surface area contributed by atoms with E-state index in [4.69, 9.17) is 0 Å². The van der Waals surface area contributed by atoms with E-state index in [1.54, 1.807) is 0 Å². The lowest BCUT2D eigenvalue weighted by Crippen LogP contribution is -2.61. The molecule has 0 bridgehead atoms. The summed E-state index contributed by atoms with van der Waals surface area (Å²) in [6.45, 7) is 18.4. The summed E-state index contributed by atoms with van der Waals surface area (Å²) >= 11 is 0. The van der Waals surface area contributed by atoms with E-state index in [2.05, 4.69) is 168 Å². The molecule has 2 heterocycles. The van der Waals surface area contributed by atoms with Crippen LogP contribution >= 0.6 is 0 Å². The van der Waals surface area contributed by atoms with Gasteiger partial charge < -0.3 is 9.80 Å². The minimum atomic E-state index is 0.154. The monoisotopic (exact) mass is 588 g/mol. The third kappa shape index (κ3) is 4.88. The second-order valence-electron chi connectivity index (χ2n) is 14.3. The van der Waals surface area contributed by atoms with E-state index in [0.717, 1.165) is 0 Å². The minimum Gasteiger partial charge on any atom is -0.311 e. The van der Waals surface area contributed by atoms with Crippen LogP contribution in [-0.2, 0) is 0 Å². The van der Waals surface area contributed by atoms with Crippen LogP contribution in [0.3, 0.4) is 0 Å². The predicted molar refractivity (Wildman–Crippen MR) is 197 cm³/mol. The summed E-state index contributed by atoms with van der Waals surface area (Å²) in [5, 5.41) is 0. The first-order chi connectivity index (χ1) is 21.6. The molecule has 0 atom stereocenters. The predicted octanol–water partition coefficient (Wildman–Crippen LogP) is 10.3. The van der Waals surface area contributed by atoms with Crippen molar-refractivity contribution in [3.63, 3.8) is 0 Å². The van der Waals surface area contributed by atoms with Crippen LogP contribution in [0, 0.1) is 0 Å². The molecule has 3 heteroatoms. The van der Waals surface area contributed by atoms with Crippen LogP contribution in [0.4, 0.5) is 34.1 Å². The van der Waals surface area contributed by atoms with Crippen molar-refractivity contribution in [1.82, 2.24) is 0 Å². The summed E-state index contributed by atoms with van der Waals surface area (Å²) < 4.78 is 0. The van der Waals surface area contributed by atoms with Gasteiger partial charge in [0.05, 0.1) is 0 Å². The van der Waals surface area contributed by atoms with Gasteiger partial charge in [-0.25, -0.2) is 0 Å². The Morgan fingerprint density at radius 1 is 0.400 bits per heavy atom. The van der Waals surface area contributed by atoms with Gasteiger partial charge in [0.2, 0.25) is 0 Å². The molecule has 5 aromatic carbocycles. The molecule has 0 radical (unpaired) electrons. The second-order valence-corrected chi connectivity index (χ2v) is 14.3. The largest absolute Gasteiger partial charge is 0.311 e. The average Bonchev–Trinajstić information content (AvgIpc) is 3.04. The average molecular weight is 589 g/mol. The quantitative estimate of drug-likeness (QED) is 0.178. The van der Waals surface area contributed by atoms with Gasteiger partial charge in [-0.1, -0.05) is 110 Å². The fraction of sp³-hybridized carbons (Fsp3) is 0.286. The van der Waals surface area contributed by atoms with E-state index >= 15 is 0 Å². The molecule has 5 aromatic rings. The van der Waals surface area contributed by atoms with E-state index in [1.165, 1.54) is 72.8 Å². The standard InChI is InChI=1S/C42H45BN2/c1-26(2)30-12-18-34(19-13-30)44-38-10-9-11-39-42(38)43(36-22-16-32(28(5)6)24-40(36)44)37-23-17-33(29(7)8)25-41(37)45(39)35-20-14-31(15-21-35)27(3)4/h9-29H,1-8H3. The molecular weight excluding hydrogens is 543 g/mol. The van der Waals surface area contributed by atoms with Gasteiger partial charge in [0.25, 0.3) is 6.71 Å². The molecule has 2 aliphatic rings. The Hall–Kier alpha value is -4.24. The summed E-state index contributed by atoms with van der Waals surface area (Å²) in [7, 11) is 0. The van der Waals surface area contributed by atoms with Crippen LogP contribution in [0.5, 0.6) is 0 Å². The molecule has 0 saturated heterocycles. The molecule has 45 heavy (non-hydrogen) atoms. The Labute approximate surface area is 270 Å². The van der Waals surface area contributed by atoms with E-state index in [0.29, 0.717) is 23.7 Å². The minimum absolute atomic E-state index is 0.154. The zero-order chi connectivity index (χ0) is 31.6. The summed E-state index contributed by atoms with van der Waals surface area (Å²) in [6, 6.07) is 39.8. The van der Waals surface area contributed by atoms with Crippen LogP contribution in [0.15, 0.2) is 103 Å². The van der Waals surface area contributed by atoms with Crippen molar-refractivity contribution in [3.8, 4) is 0 Å². The highest BCUT2D eigenvalue weighted by atomic mass is 15.2. The number of anilines is 6. The molecule has 2 aliphatic heterocycles. The van der Waals surface area contributed by atoms with Gasteiger partial charge in [0, 0.05) is 34.1 Å². The van der Waals surface area contributed by atoms with E-state index in [1.807, 2.05) is 0 Å². The van der Waals surface area contributed by atoms with Gasteiger partial charge in [-0.15, -0.1) is 0 Å². The van der Waals surface area contributed by atoms with Gasteiger partial charge in [0.15, 0.2) is 0 Å². The maximum atomic E-state index is 2.52. The number of hydrogen-bond donors (Lipinski definition) is 0. The maximum absolute atomic E-state index is 2.52. The number of hydrogen-bond acceptors (Lipinski definition) is 2. The number of fused-ring (bicyclic) bond motifs is 4. The first-order valence-electron chi connectivity index (χ1n) is 16.8. The van der Waals surface area contributed by atoms with Crippen LogP contribution in [0.2, 0.25) is 0 Å². The summed E-state index contributed by atoms with van der Waals surface area (Å²) in [6.07, 6.45) is 0. The van der Waals surface area contributed by atoms with Crippen molar-refractivity contribution in [2.75, 3.05) is 9.80 Å². The van der Waals surface area contributed by atoms with Gasteiger partial charge in [-0.3, -0.25) is 0 Å². The highest BCUT2D eigenvalue weighted by Crippen LogP contribution is 2.45. The van der Waals surface area contributed by atoms with E-state index in [9.17, 15) is 0 Å². The number of nitrogens with zero attached hydrogens (tertiary/aromatic N) is 2. The molecule has 0 spiro atoms. The Morgan fingerprint density at radius 2 is 0.756 bits per heavy atom. The van der Waals surface area contributed by atoms with Gasteiger partial charge in [-0.2, -0.15) is 0 Å². The van der Waals surface area contributed by atoms with Gasteiger partial charge in [-0.05, 0) is 111 Å². The fourth-order valence-electron chi connectivity index (χ4n) is 7.25. The Kier molecular flexibility index (Phi) is 7.39. The third-order valence-electron chi connectivity index (χ3n) is 10.0. The first kappa shape index (κ1) is 29.5. The molecule has 226 valence electrons. The SMILES string of the molecule is CC(C)c1ccc(N2c3cc(C(C)C)ccc3B3c4ccc(C(C)C)cc4N(c4ccc(C(C)C)cc4)c4cccc2c43)cc1. The van der Waals surface area contributed by atoms with Crippen molar-refractivity contribution in [2.45, 2.75) is 79.1 Å². The number of rotatable bonds is 6. The maximum Gasteiger partial charge on any atom is 0.252 e. The van der Waals surface area contributed by atoms with Crippen molar-refractivity contribution in [3.05, 3.63) is 125 Å². The van der Waals surface area contributed by atoms with Crippen LogP contribution in [-0.4, -0.2) is 6.71 Å². The Morgan fingerprint density at radius 3 is 1.11 bits per heavy atom. The summed E-state index contributed by atoms with van der Waals surface area (Å²) in [5.74, 6) is 1.89. The van der Waals surface area contributed by atoms with Crippen molar-refractivity contribution in [2.24, 2.45) is 0 Å². The molecular formula is C42H45BN2. The molecule has 0 unspecified atom stereocenters. The van der Waals surface area contributed by atoms with Gasteiger partial charge >= 0.3 is 0 Å². The first-order valence-corrected chi connectivity index (χ1v) is 16.8. The zero-order valence-corrected chi connectivity index (χ0v) is 28.1. The smallest absolute Gasteiger partial charge is 0.252 e. The molecule has 2 nitrogen and oxygen atoms in total. The van der Waals surface area contributed by atoms with E-state index < -0.39 is 0 Å². The highest BCUT2D eigenvalue weighted by molar-refractivity contribution is 7.00. The molecule has 0 aromatic heterocycles. The molecule has 0 amide bonds. The Balaban J connectivity index is 1.52. The fourth-order valence-corrected chi connectivity index (χ4v) is 7.25. The summed E-state index contributed by atoms with van der Waals surface area (Å²) in [5.41, 5.74) is 17.2. The van der Waals surface area contributed by atoms with Crippen molar-refractivity contribution in [1.29, 1.82) is 0 Å². The molecule has 7 rings (SSSR count). The summed E-state index contributed by atoms with van der Waals surface area (Å²) in [4.78, 5) is 5.04. The van der Waals surface area contributed by atoms with Crippen LogP contribution < -0.4 is 26.2 Å².